The number of benzene rings is 9. The molecule has 14 rings (SSSR count). The van der Waals surface area contributed by atoms with Crippen molar-refractivity contribution in [1.82, 2.24) is 18.5 Å². The van der Waals surface area contributed by atoms with Crippen LogP contribution in [0, 0.1) is 0 Å². The maximum absolute atomic E-state index is 4.16. The van der Waals surface area contributed by atoms with Gasteiger partial charge in [-0.25, -0.2) is 0 Å². The second kappa shape index (κ2) is 10.9. The maximum atomic E-state index is 4.16. The molecule has 9 aromatic carbocycles. The third kappa shape index (κ3) is 3.66. The summed E-state index contributed by atoms with van der Waals surface area (Å²) < 4.78 is 7.51. The Labute approximate surface area is 331 Å². The number of H-pyrrole nitrogens is 1. The molecule has 0 bridgehead atoms. The number of nitrogens with one attached hydrogen (secondary N) is 1. The van der Waals surface area contributed by atoms with Gasteiger partial charge in [-0.05, 0) is 48.0 Å². The lowest BCUT2D eigenvalue weighted by molar-refractivity contribution is 1.18. The minimum absolute atomic E-state index is 1.14. The van der Waals surface area contributed by atoms with Gasteiger partial charge in [-0.15, -0.1) is 0 Å². The zero-order valence-electron chi connectivity index (χ0n) is 31.2. The van der Waals surface area contributed by atoms with Crippen LogP contribution in [-0.4, -0.2) is 18.5 Å². The van der Waals surface area contributed by atoms with Crippen LogP contribution in [0.15, 0.2) is 188 Å². The van der Waals surface area contributed by atoms with Gasteiger partial charge in [0.25, 0.3) is 0 Å². The summed E-state index contributed by atoms with van der Waals surface area (Å²) >= 11 is 0. The van der Waals surface area contributed by atoms with Crippen LogP contribution < -0.4 is 0 Å². The van der Waals surface area contributed by atoms with Crippen molar-refractivity contribution >= 4 is 104 Å². The van der Waals surface area contributed by atoms with E-state index in [1.54, 1.807) is 0 Å². The van der Waals surface area contributed by atoms with E-state index in [1.165, 1.54) is 109 Å². The van der Waals surface area contributed by atoms with Gasteiger partial charge in [0, 0.05) is 59.4 Å². The summed E-state index contributed by atoms with van der Waals surface area (Å²) in [5.74, 6) is 0. The summed E-state index contributed by atoms with van der Waals surface area (Å²) in [7, 11) is 0. The Morgan fingerprint density at radius 3 is 1.36 bits per heavy atom. The first-order valence-electron chi connectivity index (χ1n) is 20.0. The van der Waals surface area contributed by atoms with E-state index in [1.807, 2.05) is 0 Å². The summed E-state index contributed by atoms with van der Waals surface area (Å²) in [4.78, 5) is 4.16. The van der Waals surface area contributed by atoms with Crippen molar-refractivity contribution in [3.63, 3.8) is 0 Å². The topological polar surface area (TPSA) is 30.1 Å². The summed E-state index contributed by atoms with van der Waals surface area (Å²) in [6.45, 7) is 0. The zero-order chi connectivity index (χ0) is 37.6. The Morgan fingerprint density at radius 1 is 0.293 bits per heavy atom. The number of nitrogens with zero attached hydrogens (tertiary/aromatic N) is 3. The van der Waals surface area contributed by atoms with Crippen LogP contribution in [0.3, 0.4) is 0 Å². The second-order valence-corrected chi connectivity index (χ2v) is 15.7. The van der Waals surface area contributed by atoms with Crippen LogP contribution >= 0.6 is 0 Å². The average Bonchev–Trinajstić information content (AvgIpc) is 4.08. The molecule has 4 heteroatoms. The number of para-hydroxylation sites is 7. The van der Waals surface area contributed by atoms with Gasteiger partial charge in [0.05, 0.1) is 61.0 Å². The highest BCUT2D eigenvalue weighted by atomic mass is 15.0. The lowest BCUT2D eigenvalue weighted by atomic mass is 9.93. The van der Waals surface area contributed by atoms with Gasteiger partial charge < -0.3 is 18.5 Å². The molecule has 5 aromatic heterocycles. The van der Waals surface area contributed by atoms with Crippen molar-refractivity contribution in [1.29, 1.82) is 0 Å². The quantitative estimate of drug-likeness (QED) is 0.187. The Balaban J connectivity index is 1.22. The monoisotopic (exact) mass is 736 g/mol. The number of hydrogen-bond acceptors (Lipinski definition) is 0. The fraction of sp³-hybridized carbons (Fsp3) is 0. The first-order valence-corrected chi connectivity index (χ1v) is 20.0. The molecule has 0 fully saturated rings. The largest absolute Gasteiger partial charge is 0.352 e. The molecule has 14 aromatic rings. The van der Waals surface area contributed by atoms with E-state index in [0.29, 0.717) is 0 Å². The first-order chi connectivity index (χ1) is 28.8. The van der Waals surface area contributed by atoms with E-state index in [2.05, 4.69) is 207 Å². The molecule has 0 atom stereocenters. The minimum atomic E-state index is 1.14. The van der Waals surface area contributed by atoms with Crippen molar-refractivity contribution in [2.75, 3.05) is 0 Å². The lowest BCUT2D eigenvalue weighted by Crippen LogP contribution is -1.96. The van der Waals surface area contributed by atoms with Crippen molar-refractivity contribution in [3.05, 3.63) is 188 Å². The van der Waals surface area contributed by atoms with Crippen molar-refractivity contribution in [2.24, 2.45) is 0 Å². The Hall–Kier alpha value is -7.82. The highest BCUT2D eigenvalue weighted by molar-refractivity contribution is 6.40. The summed E-state index contributed by atoms with van der Waals surface area (Å²) in [5, 5.41) is 12.6. The Morgan fingerprint density at radius 2 is 0.759 bits per heavy atom. The van der Waals surface area contributed by atoms with Gasteiger partial charge in [0.1, 0.15) is 0 Å². The fourth-order valence-electron chi connectivity index (χ4n) is 10.7. The SMILES string of the molecule is c1ccc(-c2c3[nH]c4c(-n5c6ccccc6c6ccccc65)cccc4c3c3c4ccccc4n4c5c(-n6c7ccccc7c7ccccc76)cccc5c2c34)cc1. The molecule has 0 aliphatic carbocycles. The third-order valence-electron chi connectivity index (χ3n) is 12.9. The van der Waals surface area contributed by atoms with E-state index >= 15 is 0 Å². The standard InChI is InChI=1S/C54H32N4/c1-2-16-32(17-3-1)47-50-39-24-15-31-46(57-42-27-11-6-20-35(42)36-21-7-12-28-43(36)57)53(39)58-44-29-13-8-22-37(44)49(54(50)58)48-38-23-14-30-45(51(38)55-52(47)48)56-40-25-9-4-18-33(40)34-19-5-10-26-41(34)56/h1-31,55H. The van der Waals surface area contributed by atoms with Gasteiger partial charge in [0.15, 0.2) is 0 Å². The first kappa shape index (κ1) is 30.4. The molecule has 0 saturated heterocycles. The molecule has 4 nitrogen and oxygen atoms in total. The summed E-state index contributed by atoms with van der Waals surface area (Å²) in [6.07, 6.45) is 0. The molecular formula is C54H32N4. The zero-order valence-corrected chi connectivity index (χ0v) is 31.2. The molecule has 0 unspecified atom stereocenters. The Bertz CT molecular complexity index is 3920. The predicted octanol–water partition coefficient (Wildman–Crippen LogP) is 14.3. The predicted molar refractivity (Wildman–Crippen MR) is 245 cm³/mol. The van der Waals surface area contributed by atoms with Crippen LogP contribution in [0.4, 0.5) is 0 Å². The molecule has 0 radical (unpaired) electrons. The normalized spacial score (nSPS) is 12.5. The maximum Gasteiger partial charge on any atom is 0.0783 e. The van der Waals surface area contributed by atoms with Crippen LogP contribution in [0.2, 0.25) is 0 Å². The van der Waals surface area contributed by atoms with E-state index in [4.69, 9.17) is 0 Å². The van der Waals surface area contributed by atoms with E-state index in [-0.39, 0.29) is 0 Å². The highest BCUT2D eigenvalue weighted by Crippen LogP contribution is 2.52. The highest BCUT2D eigenvalue weighted by Gasteiger charge is 2.29. The van der Waals surface area contributed by atoms with E-state index in [0.717, 1.165) is 16.7 Å². The van der Waals surface area contributed by atoms with Crippen molar-refractivity contribution in [2.45, 2.75) is 0 Å². The Kier molecular flexibility index (Phi) is 5.73. The fourth-order valence-corrected chi connectivity index (χ4v) is 10.7. The van der Waals surface area contributed by atoms with E-state index in [9.17, 15) is 0 Å². The minimum Gasteiger partial charge on any atom is -0.352 e. The molecule has 5 heterocycles. The summed E-state index contributed by atoms with van der Waals surface area (Å²) in [6, 6.07) is 69.0. The molecule has 0 amide bonds. The number of rotatable bonds is 3. The smallest absolute Gasteiger partial charge is 0.0783 e. The summed E-state index contributed by atoms with van der Waals surface area (Å²) in [5.41, 5.74) is 15.6. The van der Waals surface area contributed by atoms with Crippen LogP contribution in [0.1, 0.15) is 0 Å². The van der Waals surface area contributed by atoms with Crippen molar-refractivity contribution < 1.29 is 0 Å². The molecule has 58 heavy (non-hydrogen) atoms. The van der Waals surface area contributed by atoms with Gasteiger partial charge in [0.2, 0.25) is 0 Å². The molecule has 268 valence electrons. The lowest BCUT2D eigenvalue weighted by Gasteiger charge is -2.11. The molecule has 0 spiro atoms. The van der Waals surface area contributed by atoms with E-state index < -0.39 is 0 Å². The van der Waals surface area contributed by atoms with Gasteiger partial charge in [-0.1, -0.05) is 146 Å². The molecule has 0 aliphatic rings. The number of aromatic amines is 1. The van der Waals surface area contributed by atoms with Gasteiger partial charge in [-0.2, -0.15) is 0 Å². The number of fused-ring (bicyclic) bond motifs is 16. The van der Waals surface area contributed by atoms with Crippen LogP contribution in [0.5, 0.6) is 0 Å². The van der Waals surface area contributed by atoms with Crippen molar-refractivity contribution in [3.8, 4) is 22.5 Å². The number of aromatic nitrogens is 4. The number of hydrogen-bond donors (Lipinski definition) is 1. The second-order valence-electron chi connectivity index (χ2n) is 15.7. The molecular weight excluding hydrogens is 705 g/mol. The molecule has 0 aliphatic heterocycles. The molecule has 1 N–H and O–H groups in total. The third-order valence-corrected chi connectivity index (χ3v) is 12.9. The molecule has 0 saturated carbocycles. The van der Waals surface area contributed by atoms with Gasteiger partial charge in [-0.3, -0.25) is 0 Å². The van der Waals surface area contributed by atoms with Gasteiger partial charge >= 0.3 is 0 Å². The average molecular weight is 737 g/mol. The van der Waals surface area contributed by atoms with Crippen LogP contribution in [-0.2, 0) is 0 Å². The van der Waals surface area contributed by atoms with Crippen LogP contribution in [0.25, 0.3) is 126 Å².